The van der Waals surface area contributed by atoms with E-state index in [4.69, 9.17) is 4.74 Å². The molecule has 0 aliphatic carbocycles. The summed E-state index contributed by atoms with van der Waals surface area (Å²) >= 11 is 3.10. The summed E-state index contributed by atoms with van der Waals surface area (Å²) in [6, 6.07) is 7.82. The molecular formula is C14H16N2O2S2. The summed E-state index contributed by atoms with van der Waals surface area (Å²) in [6.45, 7) is 1.91. The molecule has 1 N–H and O–H groups in total. The molecule has 0 unspecified atom stereocenters. The lowest BCUT2D eigenvalue weighted by molar-refractivity contribution is -0.115. The number of amides is 1. The summed E-state index contributed by atoms with van der Waals surface area (Å²) in [4.78, 5) is 17.1. The van der Waals surface area contributed by atoms with Gasteiger partial charge < -0.3 is 10.1 Å². The van der Waals surface area contributed by atoms with Crippen molar-refractivity contribution in [3.8, 4) is 5.75 Å². The maximum atomic E-state index is 11.7. The zero-order chi connectivity index (χ0) is 14.4. The van der Waals surface area contributed by atoms with Crippen molar-refractivity contribution in [3.63, 3.8) is 0 Å². The SMILES string of the molecule is COc1ccc(SCCC(=O)Nc2nc(C)cs2)cc1. The monoisotopic (exact) mass is 308 g/mol. The normalized spacial score (nSPS) is 10.3. The fourth-order valence-corrected chi connectivity index (χ4v) is 3.08. The Kier molecular flexibility index (Phi) is 5.43. The minimum atomic E-state index is 0.000335. The Labute approximate surface area is 126 Å². The Hall–Kier alpha value is -1.53. The van der Waals surface area contributed by atoms with E-state index in [0.29, 0.717) is 11.6 Å². The molecule has 20 heavy (non-hydrogen) atoms. The molecule has 1 aromatic heterocycles. The van der Waals surface area contributed by atoms with E-state index in [-0.39, 0.29) is 5.91 Å². The minimum Gasteiger partial charge on any atom is -0.497 e. The number of ether oxygens (including phenoxy) is 1. The lowest BCUT2D eigenvalue weighted by Gasteiger charge is -2.04. The average Bonchev–Trinajstić information content (AvgIpc) is 2.85. The average molecular weight is 308 g/mol. The van der Waals surface area contributed by atoms with Gasteiger partial charge in [-0.05, 0) is 31.2 Å². The lowest BCUT2D eigenvalue weighted by atomic mass is 10.3. The molecule has 4 nitrogen and oxygen atoms in total. The first-order chi connectivity index (χ1) is 9.67. The van der Waals surface area contributed by atoms with Crippen LogP contribution in [0.15, 0.2) is 34.5 Å². The number of hydrogen-bond donors (Lipinski definition) is 1. The molecule has 106 valence electrons. The van der Waals surface area contributed by atoms with Crippen LogP contribution in [-0.2, 0) is 4.79 Å². The predicted octanol–water partition coefficient (Wildman–Crippen LogP) is 3.58. The number of anilines is 1. The summed E-state index contributed by atoms with van der Waals surface area (Å²) in [5.74, 6) is 1.58. The Bertz CT molecular complexity index is 567. The number of benzene rings is 1. The van der Waals surface area contributed by atoms with Gasteiger partial charge in [0.05, 0.1) is 12.8 Å². The van der Waals surface area contributed by atoms with Gasteiger partial charge in [0.2, 0.25) is 5.91 Å². The highest BCUT2D eigenvalue weighted by molar-refractivity contribution is 7.99. The van der Waals surface area contributed by atoms with Crippen LogP contribution < -0.4 is 10.1 Å². The lowest BCUT2D eigenvalue weighted by Crippen LogP contribution is -2.11. The molecule has 0 bridgehead atoms. The second-order valence-electron chi connectivity index (χ2n) is 4.12. The number of thioether (sulfide) groups is 1. The number of thiazole rings is 1. The first-order valence-corrected chi connectivity index (χ1v) is 8.03. The Morgan fingerprint density at radius 1 is 1.40 bits per heavy atom. The zero-order valence-corrected chi connectivity index (χ0v) is 13.0. The van der Waals surface area contributed by atoms with Gasteiger partial charge in [-0.25, -0.2) is 4.98 Å². The van der Waals surface area contributed by atoms with Crippen LogP contribution in [0.5, 0.6) is 5.75 Å². The van der Waals surface area contributed by atoms with E-state index >= 15 is 0 Å². The Morgan fingerprint density at radius 2 is 2.15 bits per heavy atom. The summed E-state index contributed by atoms with van der Waals surface area (Å²) < 4.78 is 5.10. The van der Waals surface area contributed by atoms with Crippen molar-refractivity contribution in [2.45, 2.75) is 18.2 Å². The van der Waals surface area contributed by atoms with Gasteiger partial charge in [-0.2, -0.15) is 0 Å². The molecule has 6 heteroatoms. The fourth-order valence-electron chi connectivity index (χ4n) is 1.53. The second-order valence-corrected chi connectivity index (χ2v) is 6.14. The van der Waals surface area contributed by atoms with Gasteiger partial charge in [0.1, 0.15) is 5.75 Å². The molecule has 0 fully saturated rings. The number of aryl methyl sites for hydroxylation is 1. The van der Waals surface area contributed by atoms with E-state index in [1.54, 1.807) is 18.9 Å². The van der Waals surface area contributed by atoms with Crippen LogP contribution in [0.1, 0.15) is 12.1 Å². The number of carbonyl (C=O) groups is 1. The van der Waals surface area contributed by atoms with Crippen molar-refractivity contribution in [1.29, 1.82) is 0 Å². The van der Waals surface area contributed by atoms with Crippen LogP contribution in [0.25, 0.3) is 0 Å². The highest BCUT2D eigenvalue weighted by Gasteiger charge is 2.05. The van der Waals surface area contributed by atoms with E-state index in [0.717, 1.165) is 22.1 Å². The number of carbonyl (C=O) groups excluding carboxylic acids is 1. The minimum absolute atomic E-state index is 0.000335. The molecule has 1 amide bonds. The van der Waals surface area contributed by atoms with Crippen molar-refractivity contribution in [3.05, 3.63) is 35.3 Å². The molecule has 0 aliphatic rings. The van der Waals surface area contributed by atoms with Gasteiger partial charge in [0.15, 0.2) is 5.13 Å². The summed E-state index contributed by atoms with van der Waals surface area (Å²) in [7, 11) is 1.65. The number of methoxy groups -OCH3 is 1. The van der Waals surface area contributed by atoms with Gasteiger partial charge in [-0.3, -0.25) is 4.79 Å². The molecule has 0 radical (unpaired) electrons. The highest BCUT2D eigenvalue weighted by atomic mass is 32.2. The standard InChI is InChI=1S/C14H16N2O2S2/c1-10-9-20-14(15-10)16-13(17)7-8-19-12-5-3-11(18-2)4-6-12/h3-6,9H,7-8H2,1-2H3,(H,15,16,17). The van der Waals surface area contributed by atoms with E-state index < -0.39 is 0 Å². The molecule has 0 atom stereocenters. The van der Waals surface area contributed by atoms with Crippen molar-refractivity contribution in [2.24, 2.45) is 0 Å². The van der Waals surface area contributed by atoms with Crippen LogP contribution >= 0.6 is 23.1 Å². The van der Waals surface area contributed by atoms with Crippen molar-refractivity contribution in [2.75, 3.05) is 18.2 Å². The van der Waals surface area contributed by atoms with E-state index in [2.05, 4.69) is 10.3 Å². The molecule has 0 spiro atoms. The summed E-state index contributed by atoms with van der Waals surface area (Å²) in [5, 5.41) is 5.39. The zero-order valence-electron chi connectivity index (χ0n) is 11.4. The molecule has 1 aromatic carbocycles. The van der Waals surface area contributed by atoms with Crippen molar-refractivity contribution >= 4 is 34.1 Å². The van der Waals surface area contributed by atoms with Gasteiger partial charge in [-0.1, -0.05) is 0 Å². The number of rotatable bonds is 6. The first-order valence-electron chi connectivity index (χ1n) is 6.16. The summed E-state index contributed by atoms with van der Waals surface area (Å²) in [6.07, 6.45) is 0.468. The molecule has 0 aliphatic heterocycles. The molecule has 2 rings (SSSR count). The maximum Gasteiger partial charge on any atom is 0.226 e. The second kappa shape index (κ2) is 7.31. The molecule has 0 saturated heterocycles. The van der Waals surface area contributed by atoms with Gasteiger partial charge in [0, 0.05) is 22.4 Å². The third kappa shape index (κ3) is 4.54. The van der Waals surface area contributed by atoms with Crippen LogP contribution in [0.3, 0.4) is 0 Å². The number of nitrogens with zero attached hydrogens (tertiary/aromatic N) is 1. The number of hydrogen-bond acceptors (Lipinski definition) is 5. The number of aromatic nitrogens is 1. The van der Waals surface area contributed by atoms with Gasteiger partial charge >= 0.3 is 0 Å². The summed E-state index contributed by atoms with van der Waals surface area (Å²) in [5.41, 5.74) is 0.929. The maximum absolute atomic E-state index is 11.7. The molecular weight excluding hydrogens is 292 g/mol. The fraction of sp³-hybridized carbons (Fsp3) is 0.286. The van der Waals surface area contributed by atoms with Gasteiger partial charge in [-0.15, -0.1) is 23.1 Å². The first kappa shape index (κ1) is 14.9. The quantitative estimate of drug-likeness (QED) is 0.829. The third-order valence-corrected chi connectivity index (χ3v) is 4.41. The highest BCUT2D eigenvalue weighted by Crippen LogP contribution is 2.22. The van der Waals surface area contributed by atoms with E-state index in [9.17, 15) is 4.79 Å². The Balaban J connectivity index is 1.73. The van der Waals surface area contributed by atoms with E-state index in [1.165, 1.54) is 11.3 Å². The topological polar surface area (TPSA) is 51.2 Å². The van der Waals surface area contributed by atoms with Crippen LogP contribution in [0.4, 0.5) is 5.13 Å². The largest absolute Gasteiger partial charge is 0.497 e. The molecule has 2 aromatic rings. The van der Waals surface area contributed by atoms with Gasteiger partial charge in [0.25, 0.3) is 0 Å². The van der Waals surface area contributed by atoms with Crippen LogP contribution in [0.2, 0.25) is 0 Å². The van der Waals surface area contributed by atoms with Crippen molar-refractivity contribution < 1.29 is 9.53 Å². The van der Waals surface area contributed by atoms with Crippen molar-refractivity contribution in [1.82, 2.24) is 4.98 Å². The van der Waals surface area contributed by atoms with Crippen LogP contribution in [-0.4, -0.2) is 23.8 Å². The van der Waals surface area contributed by atoms with E-state index in [1.807, 2.05) is 36.6 Å². The molecule has 1 heterocycles. The Morgan fingerprint density at radius 3 is 2.75 bits per heavy atom. The smallest absolute Gasteiger partial charge is 0.226 e. The number of nitrogens with one attached hydrogen (secondary N) is 1. The third-order valence-electron chi connectivity index (χ3n) is 2.52. The van der Waals surface area contributed by atoms with Crippen LogP contribution in [0, 0.1) is 6.92 Å². The molecule has 0 saturated carbocycles. The predicted molar refractivity (Wildman–Crippen MR) is 83.8 cm³/mol.